The number of unbranched alkanes of at least 4 members (excludes halogenated alkanes) is 4. The number of aryl methyl sites for hydroxylation is 2. The van der Waals surface area contributed by atoms with E-state index in [1.807, 2.05) is 42.1 Å². The van der Waals surface area contributed by atoms with Crippen LogP contribution in [0.5, 0.6) is 0 Å². The van der Waals surface area contributed by atoms with E-state index in [1.54, 1.807) is 18.2 Å². The van der Waals surface area contributed by atoms with Gasteiger partial charge in [-0.25, -0.2) is 4.39 Å². The average molecular weight is 842 g/mol. The number of nitrogens with zero attached hydrogens (tertiary/aromatic N) is 8. The number of carbonyl (C=O) groups excluding carboxylic acids is 3. The first kappa shape index (κ1) is 39.6. The minimum absolute atomic E-state index is 0.189. The first-order valence-electron chi connectivity index (χ1n) is 21.7. The normalized spacial score (nSPS) is 20.2. The zero-order chi connectivity index (χ0) is 41.9. The Kier molecular flexibility index (Phi) is 10.2. The van der Waals surface area contributed by atoms with E-state index in [-0.39, 0.29) is 36.7 Å². The maximum absolute atomic E-state index is 16.7. The number of benzene rings is 3. The van der Waals surface area contributed by atoms with Crippen LogP contribution < -0.4 is 5.32 Å². The molecule has 14 heteroatoms. The molecule has 1 N–H and O–H groups in total. The van der Waals surface area contributed by atoms with Gasteiger partial charge in [-0.05, 0) is 105 Å². The summed E-state index contributed by atoms with van der Waals surface area (Å²) in [4.78, 5) is 46.8. The molecule has 5 aliphatic rings. The number of halogens is 2. The number of fused-ring (bicyclic) bond motifs is 5. The molecule has 5 aromatic rings. The molecule has 0 bridgehead atoms. The highest BCUT2D eigenvalue weighted by atomic mass is 35.5. The Hall–Kier alpha value is -5.53. The molecule has 3 fully saturated rings. The van der Waals surface area contributed by atoms with Crippen LogP contribution in [-0.4, -0.2) is 83.5 Å². The highest BCUT2D eigenvalue weighted by Crippen LogP contribution is 2.52. The average Bonchev–Trinajstić information content (AvgIpc) is 3.54. The van der Waals surface area contributed by atoms with Gasteiger partial charge in [-0.1, -0.05) is 61.2 Å². The fraction of sp³-hybridized carbons (Fsp3) is 0.426. The van der Waals surface area contributed by atoms with Gasteiger partial charge in [0.25, 0.3) is 5.91 Å². The molecule has 3 amide bonds. The summed E-state index contributed by atoms with van der Waals surface area (Å²) in [5.41, 5.74) is 5.98. The van der Waals surface area contributed by atoms with E-state index >= 15 is 4.39 Å². The van der Waals surface area contributed by atoms with Gasteiger partial charge in [-0.3, -0.25) is 33.9 Å². The number of aliphatic imine (C=N–C) groups is 1. The van der Waals surface area contributed by atoms with Crippen molar-refractivity contribution in [1.29, 1.82) is 0 Å². The van der Waals surface area contributed by atoms with Crippen molar-refractivity contribution in [3.8, 4) is 16.8 Å². The molecule has 4 aliphatic heterocycles. The number of piperidine rings is 2. The van der Waals surface area contributed by atoms with E-state index in [0.717, 1.165) is 103 Å². The van der Waals surface area contributed by atoms with E-state index in [9.17, 15) is 14.4 Å². The van der Waals surface area contributed by atoms with Gasteiger partial charge in [-0.2, -0.15) is 5.10 Å². The first-order chi connectivity index (χ1) is 29.6. The van der Waals surface area contributed by atoms with Crippen molar-refractivity contribution < 1.29 is 18.8 Å². The van der Waals surface area contributed by atoms with Crippen LogP contribution in [0.25, 0.3) is 16.8 Å². The van der Waals surface area contributed by atoms with Crippen molar-refractivity contribution in [3.63, 3.8) is 0 Å². The summed E-state index contributed by atoms with van der Waals surface area (Å²) in [6.07, 6.45) is 12.6. The van der Waals surface area contributed by atoms with Crippen molar-refractivity contribution in [1.82, 2.24) is 39.7 Å². The second-order valence-electron chi connectivity index (χ2n) is 17.4. The van der Waals surface area contributed by atoms with Gasteiger partial charge in [-0.15, -0.1) is 10.2 Å². The molecule has 1 unspecified atom stereocenters. The number of amides is 3. The molecule has 61 heavy (non-hydrogen) atoms. The van der Waals surface area contributed by atoms with Gasteiger partial charge in [0, 0.05) is 66.1 Å². The Morgan fingerprint density at radius 3 is 2.38 bits per heavy atom. The van der Waals surface area contributed by atoms with Gasteiger partial charge in [0.2, 0.25) is 11.8 Å². The fourth-order valence-corrected chi connectivity index (χ4v) is 9.96. The summed E-state index contributed by atoms with van der Waals surface area (Å²) in [7, 11) is 0. The fourth-order valence-electron chi connectivity index (χ4n) is 9.84. The lowest BCUT2D eigenvalue weighted by Gasteiger charge is -2.37. The van der Waals surface area contributed by atoms with Crippen LogP contribution in [0, 0.1) is 6.92 Å². The Morgan fingerprint density at radius 1 is 0.852 bits per heavy atom. The van der Waals surface area contributed by atoms with E-state index < -0.39 is 17.6 Å². The second kappa shape index (κ2) is 15.7. The van der Waals surface area contributed by atoms with Gasteiger partial charge in [0.15, 0.2) is 5.82 Å². The number of aromatic nitrogens is 5. The van der Waals surface area contributed by atoms with Crippen molar-refractivity contribution in [3.05, 3.63) is 118 Å². The Morgan fingerprint density at radius 2 is 1.61 bits per heavy atom. The molecular formula is C47H49ClFN9O3. The van der Waals surface area contributed by atoms with E-state index in [4.69, 9.17) is 21.7 Å². The smallest absolute Gasteiger partial charge is 0.255 e. The molecule has 1 saturated carbocycles. The van der Waals surface area contributed by atoms with Crippen LogP contribution in [-0.2, 0) is 33.9 Å². The predicted octanol–water partition coefficient (Wildman–Crippen LogP) is 7.61. The standard InChI is InChI=1S/C47H49ClFN9O3/c1-30-53-54-45-47(18-19-47)52-42(31-10-13-34(48)14-11-31)36-26-32(12-15-39(36)58(30)45)33-27-50-56(28-33)23-6-4-2-3-5-22-55-24-20-46(49,21-25-55)38-9-7-8-35-37(38)29-57(44(35)61)40-16-17-41(59)51-43(40)60/h7-15,26-28,40H,2-6,16-25,29H2,1H3,(H,51,59,60). The first-order valence-corrected chi connectivity index (χ1v) is 22.1. The third kappa shape index (κ3) is 7.39. The Labute approximate surface area is 359 Å². The van der Waals surface area contributed by atoms with Gasteiger partial charge >= 0.3 is 0 Å². The van der Waals surface area contributed by atoms with E-state index in [0.29, 0.717) is 47.6 Å². The lowest BCUT2D eigenvalue weighted by atomic mass is 9.82. The Bertz CT molecular complexity index is 2570. The maximum atomic E-state index is 16.7. The number of likely N-dealkylation sites (tertiary alicyclic amines) is 1. The SMILES string of the molecule is Cc1nnc2n1-c1ccc(-c3cnn(CCCCCCCN4CCC(F)(c5cccc6c5CN(C5CCC(=O)NC5=O)C6=O)CC4)c3)cc1C(c1ccc(Cl)cc1)=NC21CC1. The maximum Gasteiger partial charge on any atom is 0.255 e. The van der Waals surface area contributed by atoms with Crippen LogP contribution in [0.2, 0.25) is 5.02 Å². The number of alkyl halides is 1. The van der Waals surface area contributed by atoms with Crippen LogP contribution in [0.1, 0.15) is 115 Å². The lowest BCUT2D eigenvalue weighted by Crippen LogP contribution is -2.52. The third-order valence-electron chi connectivity index (χ3n) is 13.4. The summed E-state index contributed by atoms with van der Waals surface area (Å²) in [5.74, 6) is 0.705. The summed E-state index contributed by atoms with van der Waals surface area (Å²) in [6.45, 7) is 5.30. The number of hydrogen-bond donors (Lipinski definition) is 1. The summed E-state index contributed by atoms with van der Waals surface area (Å²) in [5, 5.41) is 16.8. The topological polar surface area (TPSA) is 131 Å². The monoisotopic (exact) mass is 841 g/mol. The van der Waals surface area contributed by atoms with Gasteiger partial charge in [0.1, 0.15) is 23.1 Å². The molecule has 12 nitrogen and oxygen atoms in total. The Balaban J connectivity index is 0.708. The van der Waals surface area contributed by atoms with Crippen LogP contribution in [0.3, 0.4) is 0 Å². The molecule has 1 aliphatic carbocycles. The number of imide groups is 1. The number of rotatable bonds is 12. The molecule has 1 atom stereocenters. The number of nitrogens with one attached hydrogen (secondary N) is 1. The molecule has 3 aromatic carbocycles. The molecule has 1 spiro atoms. The molecule has 314 valence electrons. The van der Waals surface area contributed by atoms with Crippen LogP contribution in [0.15, 0.2) is 78.0 Å². The van der Waals surface area contributed by atoms with Crippen LogP contribution in [0.4, 0.5) is 4.39 Å². The van der Waals surface area contributed by atoms with Gasteiger partial charge in [0.05, 0.1) is 17.6 Å². The number of hydrogen-bond acceptors (Lipinski definition) is 8. The third-order valence-corrected chi connectivity index (χ3v) is 13.7. The molecular weight excluding hydrogens is 793 g/mol. The second-order valence-corrected chi connectivity index (χ2v) is 17.9. The number of carbonyl (C=O) groups is 3. The van der Waals surface area contributed by atoms with Crippen molar-refractivity contribution in [2.24, 2.45) is 4.99 Å². The zero-order valence-corrected chi connectivity index (χ0v) is 35.1. The molecule has 0 radical (unpaired) electrons. The summed E-state index contributed by atoms with van der Waals surface area (Å²) < 4.78 is 20.9. The molecule has 6 heterocycles. The summed E-state index contributed by atoms with van der Waals surface area (Å²) in [6, 6.07) is 19.0. The molecule has 10 rings (SSSR count). The highest BCUT2D eigenvalue weighted by molar-refractivity contribution is 6.30. The van der Waals surface area contributed by atoms with E-state index in [1.165, 1.54) is 4.90 Å². The lowest BCUT2D eigenvalue weighted by molar-refractivity contribution is -0.136. The van der Waals surface area contributed by atoms with Gasteiger partial charge < -0.3 is 9.80 Å². The molecule has 2 aromatic heterocycles. The summed E-state index contributed by atoms with van der Waals surface area (Å²) >= 11 is 6.29. The van der Waals surface area contributed by atoms with Crippen molar-refractivity contribution in [2.75, 3.05) is 19.6 Å². The van der Waals surface area contributed by atoms with Crippen LogP contribution >= 0.6 is 11.6 Å². The minimum Gasteiger partial charge on any atom is -0.322 e. The van der Waals surface area contributed by atoms with Crippen molar-refractivity contribution >= 4 is 35.0 Å². The van der Waals surface area contributed by atoms with E-state index in [2.05, 4.69) is 49.4 Å². The predicted molar refractivity (Wildman–Crippen MR) is 229 cm³/mol. The van der Waals surface area contributed by atoms with Crippen molar-refractivity contribution in [2.45, 2.75) is 108 Å². The molecule has 2 saturated heterocycles. The highest BCUT2D eigenvalue weighted by Gasteiger charge is 2.51. The minimum atomic E-state index is -1.52. The largest absolute Gasteiger partial charge is 0.322 e. The zero-order valence-electron chi connectivity index (χ0n) is 34.4. The quantitative estimate of drug-likeness (QED) is 0.101.